The van der Waals surface area contributed by atoms with Crippen molar-refractivity contribution in [1.29, 1.82) is 0 Å². The lowest BCUT2D eigenvalue weighted by molar-refractivity contribution is 0.0987. The average Bonchev–Trinajstić information content (AvgIpc) is 2.86. The Morgan fingerprint density at radius 1 is 1.24 bits per heavy atom. The summed E-state index contributed by atoms with van der Waals surface area (Å²) in [6.07, 6.45) is 2.02. The first-order valence-electron chi connectivity index (χ1n) is 7.09. The van der Waals surface area contributed by atoms with Crippen LogP contribution in [0.4, 0.5) is 0 Å². The Balaban J connectivity index is 1.97. The molecule has 4 heteroatoms. The Morgan fingerprint density at radius 2 is 2.05 bits per heavy atom. The Hall–Kier alpha value is -2.49. The van der Waals surface area contributed by atoms with Crippen molar-refractivity contribution in [2.45, 2.75) is 26.8 Å². The summed E-state index contributed by atoms with van der Waals surface area (Å²) in [5.74, 6) is 0.0291. The fourth-order valence-corrected chi connectivity index (χ4v) is 2.61. The number of aryl methyl sites for hydroxylation is 2. The van der Waals surface area contributed by atoms with Gasteiger partial charge in [-0.2, -0.15) is 5.10 Å². The molecule has 2 aromatic heterocycles. The molecule has 0 unspecified atom stereocenters. The van der Waals surface area contributed by atoms with Crippen LogP contribution >= 0.6 is 0 Å². The molecule has 4 nitrogen and oxygen atoms in total. The third-order valence-electron chi connectivity index (χ3n) is 3.56. The van der Waals surface area contributed by atoms with Crippen LogP contribution in [0.2, 0.25) is 0 Å². The van der Waals surface area contributed by atoms with Gasteiger partial charge in [-0.25, -0.2) is 0 Å². The van der Waals surface area contributed by atoms with Crippen LogP contribution in [0, 0.1) is 6.92 Å². The van der Waals surface area contributed by atoms with Crippen molar-refractivity contribution in [3.63, 3.8) is 0 Å². The molecule has 0 radical (unpaired) electrons. The standard InChI is InChI=1S/C17H17N3O/c1-3-20-14(10-12(2)19-20)11-16(21)17-15-7-5-4-6-13(15)8-9-18-17/h4-10H,3,11H2,1-2H3. The summed E-state index contributed by atoms with van der Waals surface area (Å²) >= 11 is 0. The quantitative estimate of drug-likeness (QED) is 0.689. The summed E-state index contributed by atoms with van der Waals surface area (Å²) in [6.45, 7) is 4.73. The highest BCUT2D eigenvalue weighted by Crippen LogP contribution is 2.18. The maximum atomic E-state index is 12.6. The third kappa shape index (κ3) is 2.57. The molecule has 0 atom stereocenters. The number of rotatable bonds is 4. The van der Waals surface area contributed by atoms with Crippen molar-refractivity contribution in [2.24, 2.45) is 0 Å². The van der Waals surface area contributed by atoms with Crippen molar-refractivity contribution in [1.82, 2.24) is 14.8 Å². The number of aromatic nitrogens is 3. The topological polar surface area (TPSA) is 47.8 Å². The van der Waals surface area contributed by atoms with Crippen molar-refractivity contribution >= 4 is 16.6 Å². The van der Waals surface area contributed by atoms with E-state index >= 15 is 0 Å². The maximum Gasteiger partial charge on any atom is 0.187 e. The van der Waals surface area contributed by atoms with E-state index in [4.69, 9.17) is 0 Å². The molecule has 0 saturated heterocycles. The van der Waals surface area contributed by atoms with Crippen LogP contribution < -0.4 is 0 Å². The van der Waals surface area contributed by atoms with Crippen molar-refractivity contribution in [3.05, 3.63) is 59.7 Å². The molecule has 0 N–H and O–H groups in total. The van der Waals surface area contributed by atoms with Gasteiger partial charge in [-0.3, -0.25) is 14.5 Å². The zero-order chi connectivity index (χ0) is 14.8. The van der Waals surface area contributed by atoms with E-state index in [-0.39, 0.29) is 5.78 Å². The summed E-state index contributed by atoms with van der Waals surface area (Å²) in [4.78, 5) is 16.9. The van der Waals surface area contributed by atoms with Crippen LogP contribution in [-0.4, -0.2) is 20.5 Å². The predicted molar refractivity (Wildman–Crippen MR) is 82.4 cm³/mol. The Bertz CT molecular complexity index is 799. The first kappa shape index (κ1) is 13.5. The molecule has 0 amide bonds. The van der Waals surface area contributed by atoms with Gasteiger partial charge in [-0.05, 0) is 31.4 Å². The van der Waals surface area contributed by atoms with Crippen molar-refractivity contribution < 1.29 is 4.79 Å². The van der Waals surface area contributed by atoms with Gasteiger partial charge in [-0.1, -0.05) is 24.3 Å². The summed E-state index contributed by atoms with van der Waals surface area (Å²) in [7, 11) is 0. The van der Waals surface area contributed by atoms with Crippen LogP contribution in [0.1, 0.15) is 28.8 Å². The highest BCUT2D eigenvalue weighted by atomic mass is 16.1. The van der Waals surface area contributed by atoms with Gasteiger partial charge in [-0.15, -0.1) is 0 Å². The lowest BCUT2D eigenvalue weighted by atomic mass is 10.0. The van der Waals surface area contributed by atoms with E-state index < -0.39 is 0 Å². The molecular weight excluding hydrogens is 262 g/mol. The second-order valence-electron chi connectivity index (χ2n) is 5.07. The molecule has 0 aliphatic heterocycles. The van der Waals surface area contributed by atoms with Crippen LogP contribution in [0.15, 0.2) is 42.6 Å². The van der Waals surface area contributed by atoms with Gasteiger partial charge in [0.2, 0.25) is 0 Å². The molecule has 3 aromatic rings. The predicted octanol–water partition coefficient (Wildman–Crippen LogP) is 3.19. The van der Waals surface area contributed by atoms with Gasteiger partial charge < -0.3 is 0 Å². The fraction of sp³-hybridized carbons (Fsp3) is 0.235. The second-order valence-corrected chi connectivity index (χ2v) is 5.07. The molecule has 0 aliphatic rings. The normalized spacial score (nSPS) is 11.0. The molecule has 0 aliphatic carbocycles. The number of hydrogen-bond donors (Lipinski definition) is 0. The smallest absolute Gasteiger partial charge is 0.187 e. The summed E-state index contributed by atoms with van der Waals surface area (Å²) in [5.41, 5.74) is 2.41. The van der Waals surface area contributed by atoms with Crippen molar-refractivity contribution in [2.75, 3.05) is 0 Å². The molecule has 1 aromatic carbocycles. The van der Waals surface area contributed by atoms with E-state index in [1.54, 1.807) is 6.20 Å². The second kappa shape index (κ2) is 5.48. The van der Waals surface area contributed by atoms with Crippen LogP contribution in [-0.2, 0) is 13.0 Å². The molecule has 3 rings (SSSR count). The summed E-state index contributed by atoms with van der Waals surface area (Å²) in [5, 5.41) is 6.33. The molecule has 0 spiro atoms. The zero-order valence-corrected chi connectivity index (χ0v) is 12.2. The van der Waals surface area contributed by atoms with Crippen molar-refractivity contribution in [3.8, 4) is 0 Å². The minimum absolute atomic E-state index is 0.0291. The van der Waals surface area contributed by atoms with E-state index in [0.717, 1.165) is 28.7 Å². The Kier molecular flexibility index (Phi) is 3.52. The zero-order valence-electron chi connectivity index (χ0n) is 12.2. The highest BCUT2D eigenvalue weighted by Gasteiger charge is 2.15. The molecule has 106 valence electrons. The first-order valence-corrected chi connectivity index (χ1v) is 7.09. The van der Waals surface area contributed by atoms with Gasteiger partial charge in [0, 0.05) is 23.8 Å². The lowest BCUT2D eigenvalue weighted by Gasteiger charge is -2.06. The Morgan fingerprint density at radius 3 is 2.86 bits per heavy atom. The number of nitrogens with zero attached hydrogens (tertiary/aromatic N) is 3. The van der Waals surface area contributed by atoms with E-state index in [1.165, 1.54) is 0 Å². The molecule has 0 saturated carbocycles. The number of benzene rings is 1. The molecule has 21 heavy (non-hydrogen) atoms. The van der Waals surface area contributed by atoms with Gasteiger partial charge in [0.15, 0.2) is 5.78 Å². The number of Topliss-reactive ketones (excluding diaryl/α,β-unsaturated/α-hetero) is 1. The number of fused-ring (bicyclic) bond motifs is 1. The molecule has 0 bridgehead atoms. The SMILES string of the molecule is CCn1nc(C)cc1CC(=O)c1nccc2ccccc12. The van der Waals surface area contributed by atoms with E-state index in [2.05, 4.69) is 10.1 Å². The molecular formula is C17H17N3O. The first-order chi connectivity index (χ1) is 10.2. The number of ketones is 1. The number of carbonyl (C=O) groups is 1. The maximum absolute atomic E-state index is 12.6. The van der Waals surface area contributed by atoms with Gasteiger partial charge in [0.1, 0.15) is 5.69 Å². The fourth-order valence-electron chi connectivity index (χ4n) is 2.61. The summed E-state index contributed by atoms with van der Waals surface area (Å²) < 4.78 is 1.87. The number of pyridine rings is 1. The minimum atomic E-state index is 0.0291. The highest BCUT2D eigenvalue weighted by molar-refractivity contribution is 6.06. The number of hydrogen-bond acceptors (Lipinski definition) is 3. The van der Waals surface area contributed by atoms with Gasteiger partial charge in [0.25, 0.3) is 0 Å². The summed E-state index contributed by atoms with van der Waals surface area (Å²) in [6, 6.07) is 11.7. The van der Waals surface area contributed by atoms with Crippen LogP contribution in [0.3, 0.4) is 0 Å². The van der Waals surface area contributed by atoms with Crippen LogP contribution in [0.25, 0.3) is 10.8 Å². The number of carbonyl (C=O) groups excluding carboxylic acids is 1. The van der Waals surface area contributed by atoms with E-state index in [1.807, 2.05) is 54.9 Å². The molecule has 0 fully saturated rings. The van der Waals surface area contributed by atoms with E-state index in [9.17, 15) is 4.79 Å². The largest absolute Gasteiger partial charge is 0.292 e. The van der Waals surface area contributed by atoms with Gasteiger partial charge >= 0.3 is 0 Å². The minimum Gasteiger partial charge on any atom is -0.292 e. The van der Waals surface area contributed by atoms with E-state index in [0.29, 0.717) is 12.1 Å². The van der Waals surface area contributed by atoms with Gasteiger partial charge in [0.05, 0.1) is 12.1 Å². The monoisotopic (exact) mass is 279 g/mol. The Labute approximate surface area is 123 Å². The van der Waals surface area contributed by atoms with Crippen LogP contribution in [0.5, 0.6) is 0 Å². The third-order valence-corrected chi connectivity index (χ3v) is 3.56. The average molecular weight is 279 g/mol. The lowest BCUT2D eigenvalue weighted by Crippen LogP contribution is -2.11. The molecule has 2 heterocycles.